The summed E-state index contributed by atoms with van der Waals surface area (Å²) in [6.45, 7) is 6.22. The summed E-state index contributed by atoms with van der Waals surface area (Å²) >= 11 is 3.30. The van der Waals surface area contributed by atoms with Crippen LogP contribution in [0.1, 0.15) is 23.6 Å². The van der Waals surface area contributed by atoms with E-state index in [-0.39, 0.29) is 0 Å². The summed E-state index contributed by atoms with van der Waals surface area (Å²) < 4.78 is 1.94. The van der Waals surface area contributed by atoms with Crippen LogP contribution < -0.4 is 4.80 Å². The molecular weight excluding hydrogens is 384 g/mol. The van der Waals surface area contributed by atoms with E-state index in [2.05, 4.69) is 59.9 Å². The molecule has 0 bridgehead atoms. The van der Waals surface area contributed by atoms with Crippen LogP contribution in [0.4, 0.5) is 5.69 Å². The van der Waals surface area contributed by atoms with Gasteiger partial charge in [-0.05, 0) is 61.5 Å². The van der Waals surface area contributed by atoms with Crippen LogP contribution in [-0.2, 0) is 0 Å². The highest BCUT2D eigenvalue weighted by molar-refractivity contribution is 7.14. The third-order valence-electron chi connectivity index (χ3n) is 4.50. The Hall–Kier alpha value is -2.83. The van der Waals surface area contributed by atoms with E-state index in [1.165, 1.54) is 16.0 Å². The molecule has 0 aliphatic heterocycles. The maximum atomic E-state index is 4.90. The van der Waals surface area contributed by atoms with E-state index in [0.717, 1.165) is 27.5 Å². The number of nitrogens with zero attached hydrogens (tertiary/aromatic N) is 4. The van der Waals surface area contributed by atoms with E-state index in [4.69, 9.17) is 10.1 Å². The van der Waals surface area contributed by atoms with Crippen molar-refractivity contribution in [2.45, 2.75) is 20.8 Å². The van der Waals surface area contributed by atoms with Gasteiger partial charge < -0.3 is 0 Å². The summed E-state index contributed by atoms with van der Waals surface area (Å²) in [7, 11) is 0. The minimum absolute atomic E-state index is 0.842. The zero-order valence-corrected chi connectivity index (χ0v) is 17.6. The first-order valence-corrected chi connectivity index (χ1v) is 10.7. The third-order valence-corrected chi connectivity index (χ3v) is 6.21. The van der Waals surface area contributed by atoms with E-state index in [1.54, 1.807) is 28.9 Å². The molecule has 0 unspecified atom stereocenters. The zero-order valence-electron chi connectivity index (χ0n) is 16.0. The molecule has 28 heavy (non-hydrogen) atoms. The lowest BCUT2D eigenvalue weighted by Crippen LogP contribution is -2.13. The topological polar surface area (TPSA) is 42.5 Å². The van der Waals surface area contributed by atoms with Crippen LogP contribution in [0.25, 0.3) is 10.6 Å². The number of hydrogen-bond donors (Lipinski definition) is 0. The van der Waals surface area contributed by atoms with E-state index >= 15 is 0 Å². The first kappa shape index (κ1) is 18.5. The number of aryl methyl sites for hydroxylation is 2. The summed E-state index contributed by atoms with van der Waals surface area (Å²) in [5.74, 6) is 0. The van der Waals surface area contributed by atoms with Crippen molar-refractivity contribution in [2.24, 2.45) is 10.1 Å². The summed E-state index contributed by atoms with van der Waals surface area (Å²) in [5.41, 5.74) is 6.37. The average molecular weight is 405 g/mol. The lowest BCUT2D eigenvalue weighted by Gasteiger charge is -2.05. The van der Waals surface area contributed by atoms with Gasteiger partial charge in [0.1, 0.15) is 0 Å². The Bertz CT molecular complexity index is 1180. The fourth-order valence-corrected chi connectivity index (χ4v) is 4.40. The first-order chi connectivity index (χ1) is 13.6. The van der Waals surface area contributed by atoms with Crippen molar-refractivity contribution in [1.29, 1.82) is 0 Å². The standard InChI is InChI=1S/C22H20N4S2/c1-15-8-9-19(12-16(15)2)24-22-26(20(14-28-22)21-7-5-11-27-21)25-17(3)18-6-4-10-23-13-18/h4-14H,1-3H3. The fourth-order valence-electron chi connectivity index (χ4n) is 2.76. The molecule has 4 aromatic rings. The monoisotopic (exact) mass is 404 g/mol. The molecule has 0 saturated heterocycles. The SMILES string of the molecule is CC(=Nn1c(-c2cccs2)csc1=Nc1ccc(C)c(C)c1)c1cccnc1. The van der Waals surface area contributed by atoms with Gasteiger partial charge in [0, 0.05) is 23.3 Å². The van der Waals surface area contributed by atoms with Gasteiger partial charge in [0.15, 0.2) is 0 Å². The summed E-state index contributed by atoms with van der Waals surface area (Å²) in [5, 5.41) is 9.09. The molecule has 0 atom stereocenters. The predicted molar refractivity (Wildman–Crippen MR) is 119 cm³/mol. The Morgan fingerprint density at radius 1 is 1.04 bits per heavy atom. The molecule has 0 radical (unpaired) electrons. The van der Waals surface area contributed by atoms with Gasteiger partial charge in [0.05, 0.1) is 22.0 Å². The molecule has 0 fully saturated rings. The Labute approximate surface area is 172 Å². The molecule has 6 heteroatoms. The second-order valence-electron chi connectivity index (χ2n) is 6.50. The van der Waals surface area contributed by atoms with Crippen LogP contribution in [0.5, 0.6) is 0 Å². The van der Waals surface area contributed by atoms with Gasteiger partial charge in [-0.1, -0.05) is 18.2 Å². The molecule has 0 saturated carbocycles. The molecule has 1 aromatic carbocycles. The fraction of sp³-hybridized carbons (Fsp3) is 0.136. The Kier molecular flexibility index (Phi) is 5.32. The van der Waals surface area contributed by atoms with Crippen LogP contribution in [0, 0.1) is 13.8 Å². The lowest BCUT2D eigenvalue weighted by atomic mass is 10.1. The minimum Gasteiger partial charge on any atom is -0.264 e. The molecule has 4 nitrogen and oxygen atoms in total. The highest BCUT2D eigenvalue weighted by Crippen LogP contribution is 2.26. The lowest BCUT2D eigenvalue weighted by molar-refractivity contribution is 0.849. The molecule has 3 aromatic heterocycles. The summed E-state index contributed by atoms with van der Waals surface area (Å²) in [6.07, 6.45) is 3.60. The summed E-state index contributed by atoms with van der Waals surface area (Å²) in [4.78, 5) is 11.1. The normalized spacial score (nSPS) is 12.5. The maximum absolute atomic E-state index is 4.90. The second-order valence-corrected chi connectivity index (χ2v) is 8.28. The molecule has 4 rings (SSSR count). The Balaban J connectivity index is 1.88. The van der Waals surface area contributed by atoms with Crippen molar-refractivity contribution in [3.05, 3.63) is 87.1 Å². The number of rotatable bonds is 4. The number of hydrogen-bond acceptors (Lipinski definition) is 5. The zero-order chi connectivity index (χ0) is 19.5. The van der Waals surface area contributed by atoms with Crippen LogP contribution >= 0.6 is 22.7 Å². The molecule has 0 spiro atoms. The van der Waals surface area contributed by atoms with E-state index in [9.17, 15) is 0 Å². The van der Waals surface area contributed by atoms with Gasteiger partial charge in [-0.15, -0.1) is 22.7 Å². The second kappa shape index (κ2) is 8.04. The number of aromatic nitrogens is 2. The third kappa shape index (κ3) is 3.88. The number of thiazole rings is 1. The van der Waals surface area contributed by atoms with Crippen LogP contribution in [0.3, 0.4) is 0 Å². The smallest absolute Gasteiger partial charge is 0.211 e. The minimum atomic E-state index is 0.842. The molecule has 0 aliphatic rings. The number of pyridine rings is 1. The van der Waals surface area contributed by atoms with Crippen molar-refractivity contribution in [3.8, 4) is 10.6 Å². The van der Waals surface area contributed by atoms with Gasteiger partial charge in [-0.3, -0.25) is 4.98 Å². The molecule has 3 heterocycles. The van der Waals surface area contributed by atoms with Crippen molar-refractivity contribution in [3.63, 3.8) is 0 Å². The molecular formula is C22H20N4S2. The summed E-state index contributed by atoms with van der Waals surface area (Å²) in [6, 6.07) is 14.4. The Morgan fingerprint density at radius 3 is 2.64 bits per heavy atom. The van der Waals surface area contributed by atoms with Crippen LogP contribution in [0.2, 0.25) is 0 Å². The molecule has 140 valence electrons. The van der Waals surface area contributed by atoms with Crippen molar-refractivity contribution in [2.75, 3.05) is 0 Å². The largest absolute Gasteiger partial charge is 0.264 e. The highest BCUT2D eigenvalue weighted by atomic mass is 32.1. The Morgan fingerprint density at radius 2 is 1.93 bits per heavy atom. The average Bonchev–Trinajstić information content (AvgIpc) is 3.36. The van der Waals surface area contributed by atoms with Crippen LogP contribution in [-0.4, -0.2) is 15.4 Å². The quantitative estimate of drug-likeness (QED) is 0.397. The van der Waals surface area contributed by atoms with E-state index in [1.807, 2.05) is 29.9 Å². The molecule has 0 aliphatic carbocycles. The maximum Gasteiger partial charge on any atom is 0.211 e. The van der Waals surface area contributed by atoms with E-state index in [0.29, 0.717) is 0 Å². The van der Waals surface area contributed by atoms with Crippen molar-refractivity contribution >= 4 is 34.1 Å². The first-order valence-electron chi connectivity index (χ1n) is 8.94. The van der Waals surface area contributed by atoms with Gasteiger partial charge in [0.25, 0.3) is 0 Å². The van der Waals surface area contributed by atoms with Gasteiger partial charge in [0.2, 0.25) is 4.80 Å². The van der Waals surface area contributed by atoms with Gasteiger partial charge in [-0.2, -0.15) is 5.10 Å². The van der Waals surface area contributed by atoms with Crippen molar-refractivity contribution in [1.82, 2.24) is 9.66 Å². The number of thiophene rings is 1. The van der Waals surface area contributed by atoms with Gasteiger partial charge in [-0.25, -0.2) is 9.67 Å². The highest BCUT2D eigenvalue weighted by Gasteiger charge is 2.10. The molecule has 0 N–H and O–H groups in total. The van der Waals surface area contributed by atoms with Crippen LogP contribution in [0.15, 0.2) is 75.7 Å². The van der Waals surface area contributed by atoms with E-state index < -0.39 is 0 Å². The predicted octanol–water partition coefficient (Wildman–Crippen LogP) is 5.79. The number of benzene rings is 1. The molecule has 0 amide bonds. The van der Waals surface area contributed by atoms with Gasteiger partial charge >= 0.3 is 0 Å². The van der Waals surface area contributed by atoms with Crippen molar-refractivity contribution < 1.29 is 0 Å².